The van der Waals surface area contributed by atoms with E-state index in [2.05, 4.69) is 129 Å². The van der Waals surface area contributed by atoms with E-state index >= 15 is 0 Å². The Morgan fingerprint density at radius 1 is 0.649 bits per heavy atom. The summed E-state index contributed by atoms with van der Waals surface area (Å²) in [6.45, 7) is 21.6. The summed E-state index contributed by atoms with van der Waals surface area (Å²) in [5.41, 5.74) is 4.85. The number of aryl methyl sites for hydroxylation is 2. The Bertz CT molecular complexity index is 1130. The second-order valence-corrected chi connectivity index (χ2v) is 17.9. The van der Waals surface area contributed by atoms with Crippen molar-refractivity contribution in [2.75, 3.05) is 0 Å². The zero-order valence-corrected chi connectivity index (χ0v) is 27.0. The summed E-state index contributed by atoms with van der Waals surface area (Å²) in [6.07, 6.45) is 0. The van der Waals surface area contributed by atoms with Crippen LogP contribution in [0.4, 0.5) is 0 Å². The number of hydrogen-bond donors (Lipinski definition) is 0. The summed E-state index contributed by atoms with van der Waals surface area (Å²) >= 11 is 0. The number of rotatable bonds is 5. The molecule has 0 saturated carbocycles. The topological polar surface area (TPSA) is 0 Å². The standard InChI is InChI=1S/C29H39P2.C5H5.Fe/c1-21-15-10-12-18-25(21)30(26-19-13-11-16-22(26)2)23(3)24-17-14-20-27(24)31(28(4,5)6)29(7,8)9;1-2-4-5-3-1;/h10-20,23H,1-9H3;1-5H;/q-1;-5;. The zero-order valence-electron chi connectivity index (χ0n) is 24.1. The second-order valence-electron chi connectivity index (χ2n) is 11.6. The van der Waals surface area contributed by atoms with Gasteiger partial charge in [0.25, 0.3) is 0 Å². The molecule has 0 N–H and O–H groups in total. The summed E-state index contributed by atoms with van der Waals surface area (Å²) in [6, 6.07) is 35.2. The van der Waals surface area contributed by atoms with Gasteiger partial charge in [0.05, 0.1) is 0 Å². The molecular formula is C34H44FeP2-6. The fraction of sp³-hybridized carbons (Fsp3) is 0.353. The van der Waals surface area contributed by atoms with Crippen molar-refractivity contribution in [3.05, 3.63) is 114 Å². The molecule has 3 heteroatoms. The average molecular weight is 571 g/mol. The van der Waals surface area contributed by atoms with Gasteiger partial charge < -0.3 is 30.3 Å². The molecular weight excluding hydrogens is 526 g/mol. The molecule has 0 aliphatic carbocycles. The Morgan fingerprint density at radius 2 is 1.05 bits per heavy atom. The first-order valence-corrected chi connectivity index (χ1v) is 15.8. The van der Waals surface area contributed by atoms with Crippen molar-refractivity contribution in [3.63, 3.8) is 0 Å². The van der Waals surface area contributed by atoms with E-state index in [1.165, 1.54) is 21.7 Å². The first-order chi connectivity index (χ1) is 16.9. The van der Waals surface area contributed by atoms with Crippen molar-refractivity contribution in [2.24, 2.45) is 0 Å². The second kappa shape index (κ2) is 13.5. The molecule has 0 amide bonds. The van der Waals surface area contributed by atoms with Crippen LogP contribution in [-0.2, 0) is 17.1 Å². The van der Waals surface area contributed by atoms with Gasteiger partial charge in [-0.1, -0.05) is 105 Å². The number of hydrogen-bond acceptors (Lipinski definition) is 0. The molecule has 1 unspecified atom stereocenters. The van der Waals surface area contributed by atoms with E-state index in [1.807, 2.05) is 30.3 Å². The molecule has 0 spiro atoms. The van der Waals surface area contributed by atoms with Crippen LogP contribution < -0.4 is 15.9 Å². The molecule has 0 aromatic heterocycles. The Morgan fingerprint density at radius 3 is 1.43 bits per heavy atom. The smallest absolute Gasteiger partial charge is 0 e. The molecule has 1 atom stereocenters. The molecule has 4 aromatic carbocycles. The average Bonchev–Trinajstić information content (AvgIpc) is 3.50. The van der Waals surface area contributed by atoms with Crippen LogP contribution in [0.1, 0.15) is 70.8 Å². The monoisotopic (exact) mass is 570 g/mol. The fourth-order valence-electron chi connectivity index (χ4n) is 5.38. The normalized spacial score (nSPS) is 12.6. The molecule has 0 radical (unpaired) electrons. The maximum atomic E-state index is 2.47. The maximum Gasteiger partial charge on any atom is 0 e. The molecule has 37 heavy (non-hydrogen) atoms. The Labute approximate surface area is 240 Å². The molecule has 0 aliphatic heterocycles. The van der Waals surface area contributed by atoms with E-state index in [9.17, 15) is 0 Å². The minimum Gasteiger partial charge on any atom is -0.748 e. The van der Waals surface area contributed by atoms with Crippen LogP contribution in [0.2, 0.25) is 0 Å². The molecule has 0 aliphatic rings. The number of benzene rings is 2. The van der Waals surface area contributed by atoms with Crippen LogP contribution in [-0.4, -0.2) is 10.3 Å². The molecule has 0 fully saturated rings. The van der Waals surface area contributed by atoms with Gasteiger partial charge in [0, 0.05) is 17.1 Å². The van der Waals surface area contributed by atoms with Gasteiger partial charge in [-0.3, -0.25) is 0 Å². The zero-order chi connectivity index (χ0) is 26.5. The van der Waals surface area contributed by atoms with Crippen LogP contribution in [0.3, 0.4) is 0 Å². The minimum absolute atomic E-state index is 0. The van der Waals surface area contributed by atoms with Gasteiger partial charge in [0.2, 0.25) is 0 Å². The summed E-state index contributed by atoms with van der Waals surface area (Å²) in [4.78, 5) is 0. The van der Waals surface area contributed by atoms with Gasteiger partial charge in [0.1, 0.15) is 0 Å². The third-order valence-electron chi connectivity index (χ3n) is 6.55. The maximum absolute atomic E-state index is 2.47. The van der Waals surface area contributed by atoms with E-state index in [0.29, 0.717) is 5.66 Å². The molecule has 0 nitrogen and oxygen atoms in total. The fourth-order valence-corrected chi connectivity index (χ4v) is 12.7. The van der Waals surface area contributed by atoms with E-state index in [-0.39, 0.29) is 35.3 Å². The van der Waals surface area contributed by atoms with Crippen LogP contribution in [0.5, 0.6) is 0 Å². The van der Waals surface area contributed by atoms with Crippen molar-refractivity contribution in [1.82, 2.24) is 0 Å². The van der Waals surface area contributed by atoms with Gasteiger partial charge in [-0.2, -0.15) is 6.07 Å². The van der Waals surface area contributed by atoms with Gasteiger partial charge >= 0.3 is 0 Å². The predicted molar refractivity (Wildman–Crippen MR) is 167 cm³/mol. The third kappa shape index (κ3) is 8.01. The summed E-state index contributed by atoms with van der Waals surface area (Å²) < 4.78 is 0. The molecule has 4 aromatic rings. The van der Waals surface area contributed by atoms with Crippen molar-refractivity contribution in [2.45, 2.75) is 78.3 Å². The van der Waals surface area contributed by atoms with E-state index in [0.717, 1.165) is 0 Å². The SMILES string of the molecule is Cc1ccccc1P(c1ccccc1C)C(C)[c-]1cccc1P(C(C)(C)C)C(C)(C)C.[Fe].[cH-]1[cH-][cH-][cH-][cH-]1. The Balaban J connectivity index is 0.000000716. The molecule has 4 rings (SSSR count). The molecule has 0 bridgehead atoms. The van der Waals surface area contributed by atoms with Gasteiger partial charge in [0.15, 0.2) is 0 Å². The van der Waals surface area contributed by atoms with Gasteiger partial charge in [-0.25, -0.2) is 12.1 Å². The molecule has 0 saturated heterocycles. The Kier molecular flexibility index (Phi) is 11.6. The molecule has 0 heterocycles. The van der Waals surface area contributed by atoms with Crippen molar-refractivity contribution in [1.29, 1.82) is 0 Å². The van der Waals surface area contributed by atoms with Crippen LogP contribution >= 0.6 is 15.8 Å². The Hall–Kier alpha value is -1.48. The van der Waals surface area contributed by atoms with E-state index in [1.54, 1.807) is 10.9 Å². The van der Waals surface area contributed by atoms with Crippen LogP contribution in [0.15, 0.2) is 97.1 Å². The van der Waals surface area contributed by atoms with E-state index < -0.39 is 7.92 Å². The van der Waals surface area contributed by atoms with Crippen molar-refractivity contribution >= 4 is 31.8 Å². The first kappa shape index (κ1) is 31.7. The summed E-state index contributed by atoms with van der Waals surface area (Å²) in [5, 5.41) is 5.18. The minimum atomic E-state index is -0.507. The predicted octanol–water partition coefficient (Wildman–Crippen LogP) is 9.32. The first-order valence-electron chi connectivity index (χ1n) is 13.1. The van der Waals surface area contributed by atoms with Gasteiger partial charge in [-0.15, -0.1) is 10.9 Å². The largest absolute Gasteiger partial charge is 0.748 e. The van der Waals surface area contributed by atoms with Crippen LogP contribution in [0.25, 0.3) is 0 Å². The summed E-state index contributed by atoms with van der Waals surface area (Å²) in [5.74, 6) is 0. The van der Waals surface area contributed by atoms with E-state index in [4.69, 9.17) is 0 Å². The quantitative estimate of drug-likeness (QED) is 0.127. The van der Waals surface area contributed by atoms with Gasteiger partial charge in [-0.05, 0) is 59.5 Å². The van der Waals surface area contributed by atoms with Crippen LogP contribution in [0, 0.1) is 13.8 Å². The molecule has 204 valence electrons. The van der Waals surface area contributed by atoms with Crippen molar-refractivity contribution < 1.29 is 17.1 Å². The van der Waals surface area contributed by atoms with Crippen molar-refractivity contribution in [3.8, 4) is 0 Å². The summed E-state index contributed by atoms with van der Waals surface area (Å²) in [7, 11) is -0.828. The third-order valence-corrected chi connectivity index (χ3v) is 13.2.